The molecule has 1 heterocycles. The molecular weight excluding hydrogens is 198 g/mol. The van der Waals surface area contributed by atoms with Crippen LogP contribution in [0.3, 0.4) is 0 Å². The summed E-state index contributed by atoms with van der Waals surface area (Å²) in [5.41, 5.74) is 0.319. The van der Waals surface area contributed by atoms with Crippen molar-refractivity contribution in [3.05, 3.63) is 22.1 Å². The van der Waals surface area contributed by atoms with E-state index >= 15 is 0 Å². The lowest BCUT2D eigenvalue weighted by atomic mass is 10.3. The first-order valence-corrected chi connectivity index (χ1v) is 3.65. The predicted octanol–water partition coefficient (Wildman–Crippen LogP) is 1.68. The van der Waals surface area contributed by atoms with Crippen LogP contribution in [0.5, 0.6) is 0 Å². The molecule has 0 aliphatic heterocycles. The molecule has 2 rings (SSSR count). The Balaban J connectivity index is 2.86. The molecule has 0 amide bonds. The molecule has 2 aromatic rings. The molecule has 7 heteroatoms. The summed E-state index contributed by atoms with van der Waals surface area (Å²) in [6.07, 6.45) is 0. The van der Waals surface area contributed by atoms with Crippen molar-refractivity contribution >= 4 is 28.3 Å². The fourth-order valence-corrected chi connectivity index (χ4v) is 1.16. The van der Waals surface area contributed by atoms with E-state index in [0.29, 0.717) is 5.02 Å². The summed E-state index contributed by atoms with van der Waals surface area (Å²) in [4.78, 5) is 10.3. The van der Waals surface area contributed by atoms with Crippen LogP contribution in [-0.2, 0) is 0 Å². The van der Waals surface area contributed by atoms with Crippen LogP contribution >= 0.6 is 11.6 Å². The van der Waals surface area contributed by atoms with E-state index in [1.54, 1.807) is 0 Å². The standard InChI is InChI=1S/C6H3ClN3O3/c7-3-1-2-4(10(11)12)6-5(3)8-13-9-6/h1-2H,(H,11,12)/q+1. The number of fused-ring (bicyclic) bond motifs is 1. The van der Waals surface area contributed by atoms with Crippen molar-refractivity contribution in [1.29, 1.82) is 0 Å². The Hall–Kier alpha value is -1.69. The van der Waals surface area contributed by atoms with Crippen molar-refractivity contribution in [2.24, 2.45) is 0 Å². The Morgan fingerprint density at radius 1 is 1.38 bits per heavy atom. The molecule has 0 aliphatic rings. The van der Waals surface area contributed by atoms with Gasteiger partial charge in [0.1, 0.15) is 0 Å². The number of aromatic nitrogens is 2. The maximum absolute atomic E-state index is 10.6. The highest BCUT2D eigenvalue weighted by Crippen LogP contribution is 2.27. The number of nitrogens with zero attached hydrogens (tertiary/aromatic N) is 3. The molecule has 66 valence electrons. The summed E-state index contributed by atoms with van der Waals surface area (Å²) in [6, 6.07) is 2.74. The number of hydrogen-bond donors (Lipinski definition) is 1. The molecule has 0 atom stereocenters. The largest absolute Gasteiger partial charge is 0.347 e. The first-order valence-electron chi connectivity index (χ1n) is 3.27. The molecule has 0 saturated heterocycles. The molecule has 0 radical (unpaired) electrons. The zero-order valence-corrected chi connectivity index (χ0v) is 6.89. The van der Waals surface area contributed by atoms with Crippen LogP contribution in [0.4, 0.5) is 5.69 Å². The Bertz CT molecular complexity index is 481. The van der Waals surface area contributed by atoms with Crippen LogP contribution in [0.2, 0.25) is 5.02 Å². The molecule has 0 aliphatic carbocycles. The van der Waals surface area contributed by atoms with Crippen molar-refractivity contribution in [2.75, 3.05) is 0 Å². The highest BCUT2D eigenvalue weighted by Gasteiger charge is 2.22. The summed E-state index contributed by atoms with van der Waals surface area (Å²) < 4.78 is 4.38. The van der Waals surface area contributed by atoms with Gasteiger partial charge in [0, 0.05) is 6.07 Å². The van der Waals surface area contributed by atoms with Gasteiger partial charge in [0.2, 0.25) is 5.52 Å². The first-order chi connectivity index (χ1) is 6.20. The normalized spacial score (nSPS) is 10.5. The molecule has 1 aromatic carbocycles. The van der Waals surface area contributed by atoms with Crippen molar-refractivity contribution in [1.82, 2.24) is 10.3 Å². The average molecular weight is 201 g/mol. The lowest BCUT2D eigenvalue weighted by Gasteiger charge is -1.87. The van der Waals surface area contributed by atoms with Gasteiger partial charge < -0.3 is 0 Å². The van der Waals surface area contributed by atoms with Gasteiger partial charge in [-0.15, -0.1) is 0 Å². The molecule has 0 bridgehead atoms. The van der Waals surface area contributed by atoms with Gasteiger partial charge in [-0.2, -0.15) is 0 Å². The number of halogens is 1. The third-order valence-electron chi connectivity index (χ3n) is 1.55. The Kier molecular flexibility index (Phi) is 1.63. The van der Waals surface area contributed by atoms with Crippen LogP contribution in [0.15, 0.2) is 16.8 Å². The molecular formula is C6H3ClN3O3+. The highest BCUT2D eigenvalue weighted by molar-refractivity contribution is 6.35. The fourth-order valence-electron chi connectivity index (χ4n) is 0.978. The third-order valence-corrected chi connectivity index (χ3v) is 1.86. The minimum atomic E-state index is -0.317. The Labute approximate surface area is 76.2 Å². The van der Waals surface area contributed by atoms with E-state index in [4.69, 9.17) is 16.8 Å². The summed E-state index contributed by atoms with van der Waals surface area (Å²) >= 11 is 5.71. The predicted molar refractivity (Wildman–Crippen MR) is 41.9 cm³/mol. The van der Waals surface area contributed by atoms with Gasteiger partial charge in [-0.25, -0.2) is 9.84 Å². The van der Waals surface area contributed by atoms with E-state index in [2.05, 4.69) is 14.9 Å². The smallest absolute Gasteiger partial charge is 0.243 e. The second kappa shape index (κ2) is 2.67. The number of rotatable bonds is 1. The molecule has 0 saturated carbocycles. The Morgan fingerprint density at radius 3 is 2.77 bits per heavy atom. The second-order valence-corrected chi connectivity index (χ2v) is 2.71. The number of benzene rings is 1. The highest BCUT2D eigenvalue weighted by atomic mass is 35.5. The van der Waals surface area contributed by atoms with Crippen LogP contribution in [0.1, 0.15) is 0 Å². The molecule has 1 N–H and O–H groups in total. The van der Waals surface area contributed by atoms with Crippen LogP contribution in [0.25, 0.3) is 11.0 Å². The lowest BCUT2D eigenvalue weighted by molar-refractivity contribution is -0.728. The topological polar surface area (TPSA) is 79.2 Å². The van der Waals surface area contributed by atoms with Gasteiger partial charge in [0.15, 0.2) is 5.52 Å². The van der Waals surface area contributed by atoms with Gasteiger partial charge in [0.05, 0.1) is 9.93 Å². The van der Waals surface area contributed by atoms with Gasteiger partial charge in [-0.05, 0) is 16.4 Å². The maximum Gasteiger partial charge on any atom is 0.347 e. The molecule has 1 aromatic heterocycles. The number of hydrogen-bond acceptors (Lipinski definition) is 4. The van der Waals surface area contributed by atoms with Gasteiger partial charge in [0.25, 0.3) is 4.92 Å². The lowest BCUT2D eigenvalue weighted by Crippen LogP contribution is -1.92. The van der Waals surface area contributed by atoms with E-state index in [0.717, 1.165) is 0 Å². The SMILES string of the molecule is O=[N+](O)c1ccc(Cl)c2nonc12. The van der Waals surface area contributed by atoms with Crippen molar-refractivity contribution in [3.63, 3.8) is 0 Å². The molecule has 0 fully saturated rings. The quantitative estimate of drug-likeness (QED) is 0.709. The van der Waals surface area contributed by atoms with Gasteiger partial charge in [-0.1, -0.05) is 11.6 Å². The summed E-state index contributed by atoms with van der Waals surface area (Å²) in [5, 5.41) is 15.9. The van der Waals surface area contributed by atoms with Gasteiger partial charge >= 0.3 is 5.69 Å². The zero-order chi connectivity index (χ0) is 9.42. The second-order valence-electron chi connectivity index (χ2n) is 2.30. The fraction of sp³-hybridized carbons (Fsp3) is 0. The molecule has 6 nitrogen and oxygen atoms in total. The third kappa shape index (κ3) is 1.11. The van der Waals surface area contributed by atoms with E-state index in [1.807, 2.05) is 0 Å². The zero-order valence-electron chi connectivity index (χ0n) is 6.14. The summed E-state index contributed by atoms with van der Waals surface area (Å²) in [5.74, 6) is 0. The van der Waals surface area contributed by atoms with E-state index in [-0.39, 0.29) is 21.6 Å². The van der Waals surface area contributed by atoms with Crippen LogP contribution < -0.4 is 0 Å². The molecule has 0 spiro atoms. The minimum absolute atomic E-state index is 0.0550. The monoisotopic (exact) mass is 200 g/mol. The molecule has 0 unspecified atom stereocenters. The van der Waals surface area contributed by atoms with Crippen LogP contribution in [-0.4, -0.2) is 20.4 Å². The van der Waals surface area contributed by atoms with E-state index < -0.39 is 0 Å². The van der Waals surface area contributed by atoms with Gasteiger partial charge in [-0.3, -0.25) is 0 Å². The molecule has 13 heavy (non-hydrogen) atoms. The van der Waals surface area contributed by atoms with E-state index in [9.17, 15) is 4.91 Å². The Morgan fingerprint density at radius 2 is 2.08 bits per heavy atom. The van der Waals surface area contributed by atoms with Crippen molar-refractivity contribution in [2.45, 2.75) is 0 Å². The van der Waals surface area contributed by atoms with Crippen molar-refractivity contribution < 1.29 is 14.8 Å². The van der Waals surface area contributed by atoms with Crippen molar-refractivity contribution in [3.8, 4) is 0 Å². The summed E-state index contributed by atoms with van der Waals surface area (Å²) in [7, 11) is 0. The van der Waals surface area contributed by atoms with E-state index in [1.165, 1.54) is 12.1 Å². The first kappa shape index (κ1) is 7.93. The maximum atomic E-state index is 10.6. The minimum Gasteiger partial charge on any atom is -0.243 e. The van der Waals surface area contributed by atoms with Crippen LogP contribution in [0, 0.1) is 4.91 Å². The summed E-state index contributed by atoms with van der Waals surface area (Å²) in [6.45, 7) is 0. The average Bonchev–Trinajstić information content (AvgIpc) is 2.53.